The third kappa shape index (κ3) is 2.84. The number of ether oxygens (including phenoxy) is 1. The lowest BCUT2D eigenvalue weighted by Crippen LogP contribution is -1.90. The van der Waals surface area contributed by atoms with E-state index >= 15 is 0 Å². The summed E-state index contributed by atoms with van der Waals surface area (Å²) in [7, 11) is 0. The van der Waals surface area contributed by atoms with Gasteiger partial charge in [-0.1, -0.05) is 17.7 Å². The second-order valence-electron chi connectivity index (χ2n) is 3.79. The van der Waals surface area contributed by atoms with Crippen molar-refractivity contribution >= 4 is 27.5 Å². The van der Waals surface area contributed by atoms with E-state index in [0.29, 0.717) is 22.1 Å². The number of nitrogens with zero attached hydrogens (tertiary/aromatic N) is 1. The largest absolute Gasteiger partial charge is 0.455 e. The summed E-state index contributed by atoms with van der Waals surface area (Å²) in [4.78, 5) is 0. The van der Waals surface area contributed by atoms with E-state index in [4.69, 9.17) is 21.6 Å². The van der Waals surface area contributed by atoms with Crippen LogP contribution < -0.4 is 4.74 Å². The van der Waals surface area contributed by atoms with Gasteiger partial charge in [-0.3, -0.25) is 0 Å². The van der Waals surface area contributed by atoms with E-state index in [0.717, 1.165) is 10.0 Å². The van der Waals surface area contributed by atoms with Gasteiger partial charge in [-0.2, -0.15) is 5.26 Å². The normalized spacial score (nSPS) is 9.89. The van der Waals surface area contributed by atoms with E-state index < -0.39 is 0 Å². The Balaban J connectivity index is 2.37. The van der Waals surface area contributed by atoms with Crippen LogP contribution in [0.1, 0.15) is 11.1 Å². The van der Waals surface area contributed by atoms with Crippen LogP contribution in [0, 0.1) is 18.3 Å². The highest BCUT2D eigenvalue weighted by atomic mass is 79.9. The van der Waals surface area contributed by atoms with Crippen molar-refractivity contribution in [3.63, 3.8) is 0 Å². The van der Waals surface area contributed by atoms with Gasteiger partial charge in [0.1, 0.15) is 17.6 Å². The lowest BCUT2D eigenvalue weighted by Gasteiger charge is -2.09. The Bertz CT molecular complexity index is 634. The van der Waals surface area contributed by atoms with Crippen LogP contribution in [0.3, 0.4) is 0 Å². The van der Waals surface area contributed by atoms with Crippen LogP contribution in [-0.4, -0.2) is 0 Å². The topological polar surface area (TPSA) is 33.0 Å². The monoisotopic (exact) mass is 321 g/mol. The SMILES string of the molecule is Cc1ccc(Oc2ccc(Cl)cc2Br)c(C#N)c1. The molecule has 0 aliphatic heterocycles. The van der Waals surface area contributed by atoms with Crippen molar-refractivity contribution in [2.75, 3.05) is 0 Å². The van der Waals surface area contributed by atoms with Crippen LogP contribution in [0.5, 0.6) is 11.5 Å². The molecule has 0 aliphatic rings. The van der Waals surface area contributed by atoms with E-state index in [1.807, 2.05) is 13.0 Å². The van der Waals surface area contributed by atoms with Gasteiger partial charge in [0, 0.05) is 5.02 Å². The molecular formula is C14H9BrClNO. The highest BCUT2D eigenvalue weighted by Crippen LogP contribution is 2.33. The summed E-state index contributed by atoms with van der Waals surface area (Å²) < 4.78 is 6.46. The van der Waals surface area contributed by atoms with Crippen molar-refractivity contribution in [3.05, 3.63) is 57.0 Å². The number of nitriles is 1. The summed E-state index contributed by atoms with van der Waals surface area (Å²) in [6.07, 6.45) is 0. The molecule has 2 aromatic rings. The second kappa shape index (κ2) is 5.43. The number of aryl methyl sites for hydroxylation is 1. The van der Waals surface area contributed by atoms with E-state index in [1.165, 1.54) is 0 Å². The minimum Gasteiger partial charge on any atom is -0.455 e. The summed E-state index contributed by atoms with van der Waals surface area (Å²) in [5.41, 5.74) is 1.53. The first kappa shape index (κ1) is 12.9. The molecule has 2 nitrogen and oxygen atoms in total. The maximum absolute atomic E-state index is 9.07. The Morgan fingerprint density at radius 1 is 1.17 bits per heavy atom. The maximum atomic E-state index is 9.07. The number of hydrogen-bond acceptors (Lipinski definition) is 2. The van der Waals surface area contributed by atoms with Crippen molar-refractivity contribution in [1.29, 1.82) is 5.26 Å². The van der Waals surface area contributed by atoms with Gasteiger partial charge in [-0.15, -0.1) is 0 Å². The Hall–Kier alpha value is -1.50. The molecule has 0 amide bonds. The molecule has 0 bridgehead atoms. The van der Waals surface area contributed by atoms with Gasteiger partial charge in [0.25, 0.3) is 0 Å². The molecule has 2 rings (SSSR count). The summed E-state index contributed by atoms with van der Waals surface area (Å²) in [6, 6.07) is 12.8. The van der Waals surface area contributed by atoms with Crippen molar-refractivity contribution < 1.29 is 4.74 Å². The van der Waals surface area contributed by atoms with Crippen molar-refractivity contribution in [2.45, 2.75) is 6.92 Å². The summed E-state index contributed by atoms with van der Waals surface area (Å²) in [6.45, 7) is 1.93. The summed E-state index contributed by atoms with van der Waals surface area (Å²) >= 11 is 9.23. The highest BCUT2D eigenvalue weighted by Gasteiger charge is 2.08. The second-order valence-corrected chi connectivity index (χ2v) is 5.08. The van der Waals surface area contributed by atoms with Crippen molar-refractivity contribution in [3.8, 4) is 17.6 Å². The first-order valence-electron chi connectivity index (χ1n) is 5.24. The molecule has 0 N–H and O–H groups in total. The van der Waals surface area contributed by atoms with Crippen LogP contribution in [0.2, 0.25) is 5.02 Å². The predicted octanol–water partition coefficient (Wildman–Crippen LogP) is 5.07. The molecule has 0 radical (unpaired) electrons. The van der Waals surface area contributed by atoms with Crippen LogP contribution in [-0.2, 0) is 0 Å². The van der Waals surface area contributed by atoms with E-state index in [1.54, 1.807) is 30.3 Å². The Labute approximate surface area is 119 Å². The van der Waals surface area contributed by atoms with E-state index in [2.05, 4.69) is 22.0 Å². The minimum absolute atomic E-state index is 0.511. The van der Waals surface area contributed by atoms with Gasteiger partial charge in [0.05, 0.1) is 10.0 Å². The molecule has 0 atom stereocenters. The lowest BCUT2D eigenvalue weighted by molar-refractivity contribution is 0.478. The van der Waals surface area contributed by atoms with Gasteiger partial charge in [-0.25, -0.2) is 0 Å². The smallest absolute Gasteiger partial charge is 0.145 e. The summed E-state index contributed by atoms with van der Waals surface area (Å²) in [5.74, 6) is 1.16. The Morgan fingerprint density at radius 2 is 1.89 bits per heavy atom. The molecular weight excluding hydrogens is 314 g/mol. The average molecular weight is 323 g/mol. The molecule has 0 aromatic heterocycles. The van der Waals surface area contributed by atoms with Crippen LogP contribution >= 0.6 is 27.5 Å². The summed E-state index contributed by atoms with van der Waals surface area (Å²) in [5, 5.41) is 9.70. The fourth-order valence-electron chi connectivity index (χ4n) is 1.50. The van der Waals surface area contributed by atoms with E-state index in [9.17, 15) is 0 Å². The van der Waals surface area contributed by atoms with Gasteiger partial charge in [-0.05, 0) is 58.7 Å². The van der Waals surface area contributed by atoms with Gasteiger partial charge < -0.3 is 4.74 Å². The fourth-order valence-corrected chi connectivity index (χ4v) is 2.26. The molecule has 0 aliphatic carbocycles. The zero-order valence-corrected chi connectivity index (χ0v) is 11.9. The fraction of sp³-hybridized carbons (Fsp3) is 0.0714. The first-order valence-corrected chi connectivity index (χ1v) is 6.41. The standard InChI is InChI=1S/C14H9BrClNO/c1-9-2-4-13(10(6-9)8-17)18-14-5-3-11(16)7-12(14)15/h2-7H,1H3. The average Bonchev–Trinajstić information content (AvgIpc) is 2.34. The molecule has 18 heavy (non-hydrogen) atoms. The third-order valence-electron chi connectivity index (χ3n) is 2.37. The number of benzene rings is 2. The van der Waals surface area contributed by atoms with Crippen LogP contribution in [0.15, 0.2) is 40.9 Å². The maximum Gasteiger partial charge on any atom is 0.145 e. The van der Waals surface area contributed by atoms with Gasteiger partial charge in [0.15, 0.2) is 0 Å². The number of rotatable bonds is 2. The molecule has 0 saturated carbocycles. The number of hydrogen-bond donors (Lipinski definition) is 0. The van der Waals surface area contributed by atoms with Crippen LogP contribution in [0.4, 0.5) is 0 Å². The Kier molecular flexibility index (Phi) is 3.90. The van der Waals surface area contributed by atoms with Crippen LogP contribution in [0.25, 0.3) is 0 Å². The van der Waals surface area contributed by atoms with E-state index in [-0.39, 0.29) is 0 Å². The molecule has 0 heterocycles. The quantitative estimate of drug-likeness (QED) is 0.773. The van der Waals surface area contributed by atoms with Crippen molar-refractivity contribution in [1.82, 2.24) is 0 Å². The molecule has 4 heteroatoms. The molecule has 0 fully saturated rings. The number of halogens is 2. The molecule has 0 spiro atoms. The zero-order valence-electron chi connectivity index (χ0n) is 9.58. The molecule has 2 aromatic carbocycles. The Morgan fingerprint density at radius 3 is 2.56 bits per heavy atom. The van der Waals surface area contributed by atoms with Crippen molar-refractivity contribution in [2.24, 2.45) is 0 Å². The lowest BCUT2D eigenvalue weighted by atomic mass is 10.1. The highest BCUT2D eigenvalue weighted by molar-refractivity contribution is 9.10. The predicted molar refractivity (Wildman–Crippen MR) is 75.1 cm³/mol. The van der Waals surface area contributed by atoms with Gasteiger partial charge in [0.2, 0.25) is 0 Å². The first-order chi connectivity index (χ1) is 8.60. The van der Waals surface area contributed by atoms with Gasteiger partial charge >= 0.3 is 0 Å². The minimum atomic E-state index is 0.511. The third-order valence-corrected chi connectivity index (χ3v) is 3.22. The molecule has 0 saturated heterocycles. The zero-order chi connectivity index (χ0) is 13.1. The molecule has 90 valence electrons. The molecule has 0 unspecified atom stereocenters.